The average Bonchev–Trinajstić information content (AvgIpc) is 3.03. The molecule has 8 nitrogen and oxygen atoms in total. The van der Waals surface area contributed by atoms with Gasteiger partial charge in [0.2, 0.25) is 0 Å². The monoisotopic (exact) mass is 377 g/mol. The Hall–Kier alpha value is -3.07. The fraction of sp³-hybridized carbons (Fsp3) is 0.333. The molecule has 0 fully saturated rings. The highest BCUT2D eigenvalue weighted by atomic mass is 19.0. The number of aliphatic carboxylic acids is 1. The van der Waals surface area contributed by atoms with E-state index in [0.717, 1.165) is 35.8 Å². The van der Waals surface area contributed by atoms with Gasteiger partial charge in [0.1, 0.15) is 5.52 Å². The van der Waals surface area contributed by atoms with Crippen molar-refractivity contribution in [1.29, 1.82) is 0 Å². The maximum Gasteiger partial charge on any atom is 0.317 e. The zero-order chi connectivity index (χ0) is 19.1. The highest BCUT2D eigenvalue weighted by Crippen LogP contribution is 2.25. The number of hydrogen-bond acceptors (Lipinski definition) is 5. The summed E-state index contributed by atoms with van der Waals surface area (Å²) in [5.74, 6) is -1.36. The molecule has 0 saturated heterocycles. The van der Waals surface area contributed by atoms with Gasteiger partial charge in [-0.15, -0.1) is 0 Å². The highest BCUT2D eigenvalue weighted by Gasteiger charge is 2.16. The third-order valence-electron chi connectivity index (χ3n) is 3.77. The molecule has 1 amide bonds. The van der Waals surface area contributed by atoms with Crippen LogP contribution < -0.4 is 11.1 Å². The Morgan fingerprint density at radius 1 is 1.30 bits per heavy atom. The summed E-state index contributed by atoms with van der Waals surface area (Å²) in [6.07, 6.45) is 3.93. The molecule has 0 spiro atoms. The summed E-state index contributed by atoms with van der Waals surface area (Å²) < 4.78 is 2.08. The van der Waals surface area contributed by atoms with Gasteiger partial charge in [0.15, 0.2) is 5.69 Å². The maximum absolute atomic E-state index is 11.6. The molecule has 27 heavy (non-hydrogen) atoms. The number of carbonyl (C=O) groups excluding carboxylic acids is 1. The molecule has 3 rings (SSSR count). The lowest BCUT2D eigenvalue weighted by Crippen LogP contribution is -2.16. The third kappa shape index (κ3) is 5.20. The number of rotatable bonds is 6. The van der Waals surface area contributed by atoms with Crippen LogP contribution in [0.2, 0.25) is 0 Å². The predicted molar refractivity (Wildman–Crippen MR) is 103 cm³/mol. The smallest absolute Gasteiger partial charge is 0.317 e. The second-order valence-corrected chi connectivity index (χ2v) is 5.75. The van der Waals surface area contributed by atoms with Gasteiger partial charge in [-0.1, -0.05) is 31.5 Å². The van der Waals surface area contributed by atoms with Gasteiger partial charge in [-0.05, 0) is 19.5 Å². The number of nitrogens with one attached hydrogen (secondary N) is 1. The summed E-state index contributed by atoms with van der Waals surface area (Å²) in [5, 5.41) is 11.3. The first-order chi connectivity index (χ1) is 12.5. The Balaban J connectivity index is 0.000000456. The van der Waals surface area contributed by atoms with Crippen molar-refractivity contribution >= 4 is 33.8 Å². The summed E-state index contributed by atoms with van der Waals surface area (Å²) in [4.78, 5) is 29.8. The van der Waals surface area contributed by atoms with Crippen LogP contribution >= 0.6 is 0 Å². The van der Waals surface area contributed by atoms with Crippen LogP contribution in [0.1, 0.15) is 30.3 Å². The maximum atomic E-state index is 11.6. The largest absolute Gasteiger partial charge is 0.480 e. The minimum Gasteiger partial charge on any atom is -0.480 e. The molecule has 0 unspecified atom stereocenters. The predicted octanol–water partition coefficient (Wildman–Crippen LogP) is 1.93. The number of nitrogens with two attached hydrogens (primary N) is 1. The highest BCUT2D eigenvalue weighted by molar-refractivity contribution is 6.11. The quantitative estimate of drug-likeness (QED) is 0.603. The van der Waals surface area contributed by atoms with E-state index in [1.807, 2.05) is 24.3 Å². The standard InChI is InChI=1S/C15H16N4O.C3H7NO2.FH/c1-2-3-8-19-9-17-12-13(15(16)20)18-11-7-5-4-6-10(11)14(12)19;1-4-2-3(5)6;/h4-7,9H,2-3,8H2,1H3,(H2,16,20);4H,2H2,1H3,(H,5,6);1H. The van der Waals surface area contributed by atoms with E-state index in [2.05, 4.69) is 26.8 Å². The van der Waals surface area contributed by atoms with Gasteiger partial charge in [-0.2, -0.15) is 0 Å². The Bertz CT molecular complexity index is 926. The first-order valence-corrected chi connectivity index (χ1v) is 8.39. The number of benzene rings is 1. The van der Waals surface area contributed by atoms with Crippen LogP contribution in [0.15, 0.2) is 30.6 Å². The number of amides is 1. The molecule has 9 heteroatoms. The molecule has 0 atom stereocenters. The van der Waals surface area contributed by atoms with Gasteiger partial charge in [-0.25, -0.2) is 9.97 Å². The number of aryl methyl sites for hydroxylation is 1. The van der Waals surface area contributed by atoms with Crippen LogP contribution in [0, 0.1) is 0 Å². The molecule has 0 aliphatic heterocycles. The van der Waals surface area contributed by atoms with E-state index in [-0.39, 0.29) is 16.9 Å². The van der Waals surface area contributed by atoms with Crippen LogP contribution in [0.25, 0.3) is 21.9 Å². The number of para-hydroxylation sites is 1. The van der Waals surface area contributed by atoms with E-state index in [4.69, 9.17) is 10.8 Å². The van der Waals surface area contributed by atoms with Crippen molar-refractivity contribution in [2.45, 2.75) is 26.3 Å². The number of carboxylic acid groups (broad SMARTS) is 1. The minimum atomic E-state index is -0.822. The van der Waals surface area contributed by atoms with Crippen molar-refractivity contribution in [3.8, 4) is 0 Å². The number of carbonyl (C=O) groups is 2. The minimum absolute atomic E-state index is 0. The van der Waals surface area contributed by atoms with Gasteiger partial charge >= 0.3 is 5.97 Å². The summed E-state index contributed by atoms with van der Waals surface area (Å²) >= 11 is 0. The topological polar surface area (TPSA) is 123 Å². The molecule has 146 valence electrons. The average molecular weight is 377 g/mol. The van der Waals surface area contributed by atoms with Crippen molar-refractivity contribution in [2.75, 3.05) is 13.6 Å². The molecule has 3 aromatic rings. The molecule has 2 aromatic heterocycles. The molecule has 0 bridgehead atoms. The van der Waals surface area contributed by atoms with Gasteiger partial charge < -0.3 is 20.7 Å². The van der Waals surface area contributed by atoms with Crippen molar-refractivity contribution in [3.63, 3.8) is 0 Å². The molecular weight excluding hydrogens is 353 g/mol. The number of halogens is 1. The summed E-state index contributed by atoms with van der Waals surface area (Å²) in [6, 6.07) is 7.75. The summed E-state index contributed by atoms with van der Waals surface area (Å²) in [5.41, 5.74) is 7.98. The summed E-state index contributed by atoms with van der Waals surface area (Å²) in [6.45, 7) is 3.06. The second-order valence-electron chi connectivity index (χ2n) is 5.75. The van der Waals surface area contributed by atoms with Gasteiger partial charge in [0, 0.05) is 11.9 Å². The Kier molecular flexibility index (Phi) is 8.28. The van der Waals surface area contributed by atoms with E-state index in [1.54, 1.807) is 13.4 Å². The van der Waals surface area contributed by atoms with Crippen molar-refractivity contribution in [1.82, 2.24) is 19.9 Å². The lowest BCUT2D eigenvalue weighted by atomic mass is 10.1. The second kappa shape index (κ2) is 10.2. The van der Waals surface area contributed by atoms with Crippen LogP contribution in [-0.2, 0) is 11.3 Å². The number of pyridine rings is 1. The number of unbranched alkanes of at least 4 members (excludes halogenated alkanes) is 1. The molecule has 0 aliphatic carbocycles. The molecule has 1 aromatic carbocycles. The Morgan fingerprint density at radius 3 is 2.56 bits per heavy atom. The van der Waals surface area contributed by atoms with Crippen molar-refractivity contribution in [2.24, 2.45) is 5.73 Å². The van der Waals surface area contributed by atoms with Gasteiger partial charge in [-0.3, -0.25) is 14.3 Å². The Morgan fingerprint density at radius 2 is 2.00 bits per heavy atom. The van der Waals surface area contributed by atoms with Gasteiger partial charge in [0.05, 0.1) is 23.9 Å². The lowest BCUT2D eigenvalue weighted by Gasteiger charge is -2.07. The normalized spacial score (nSPS) is 10.1. The molecule has 0 aliphatic rings. The van der Waals surface area contributed by atoms with Crippen molar-refractivity contribution in [3.05, 3.63) is 36.3 Å². The van der Waals surface area contributed by atoms with Crippen molar-refractivity contribution < 1.29 is 19.4 Å². The van der Waals surface area contributed by atoms with E-state index in [0.29, 0.717) is 5.52 Å². The SMILES string of the molecule is CCCCn1cnc2c(C(N)=O)nc3ccccc3c21.CNCC(=O)O.F. The first-order valence-electron chi connectivity index (χ1n) is 8.39. The number of nitrogens with zero attached hydrogens (tertiary/aromatic N) is 3. The number of carboxylic acids is 1. The van der Waals surface area contributed by atoms with Crippen LogP contribution in [0.5, 0.6) is 0 Å². The van der Waals surface area contributed by atoms with E-state index in [1.165, 1.54) is 0 Å². The van der Waals surface area contributed by atoms with Gasteiger partial charge in [0.25, 0.3) is 5.91 Å². The number of aromatic nitrogens is 3. The third-order valence-corrected chi connectivity index (χ3v) is 3.77. The van der Waals surface area contributed by atoms with Crippen LogP contribution in [0.4, 0.5) is 4.70 Å². The van der Waals surface area contributed by atoms with E-state index in [9.17, 15) is 9.59 Å². The molecule has 2 heterocycles. The molecule has 0 radical (unpaired) electrons. The fourth-order valence-corrected chi connectivity index (χ4v) is 2.60. The zero-order valence-electron chi connectivity index (χ0n) is 15.3. The molecular formula is C18H24FN5O3. The number of likely N-dealkylation sites (N-methyl/N-ethyl adjacent to an activating group) is 1. The van der Waals surface area contributed by atoms with E-state index < -0.39 is 11.9 Å². The first kappa shape index (κ1) is 22.0. The zero-order valence-corrected chi connectivity index (χ0v) is 15.3. The van der Waals surface area contributed by atoms with Crippen LogP contribution in [-0.4, -0.2) is 45.1 Å². The molecule has 0 saturated carbocycles. The van der Waals surface area contributed by atoms with Crippen LogP contribution in [0.3, 0.4) is 0 Å². The van der Waals surface area contributed by atoms with E-state index >= 15 is 0 Å². The number of imidazole rings is 1. The number of fused-ring (bicyclic) bond motifs is 3. The number of hydrogen-bond donors (Lipinski definition) is 3. The lowest BCUT2D eigenvalue weighted by molar-refractivity contribution is -0.135. The Labute approximate surface area is 155 Å². The summed E-state index contributed by atoms with van der Waals surface area (Å²) in [7, 11) is 1.59. The number of primary amides is 1. The molecule has 4 N–H and O–H groups in total. The fourth-order valence-electron chi connectivity index (χ4n) is 2.60.